The van der Waals surface area contributed by atoms with Gasteiger partial charge < -0.3 is 4.90 Å². The number of aryl methyl sites for hydroxylation is 1. The Hall–Kier alpha value is -2.41. The lowest BCUT2D eigenvalue weighted by molar-refractivity contribution is -0.125. The Labute approximate surface area is 164 Å². The topological polar surface area (TPSA) is 66.5 Å². The maximum absolute atomic E-state index is 13.7. The highest BCUT2D eigenvalue weighted by molar-refractivity contribution is 7.92. The molecule has 0 unspecified atom stereocenters. The molecule has 1 amide bonds. The van der Waals surface area contributed by atoms with Crippen molar-refractivity contribution < 1.29 is 17.6 Å². The number of carbonyl (C=O) groups is 1. The van der Waals surface area contributed by atoms with E-state index in [4.69, 9.17) is 0 Å². The van der Waals surface area contributed by atoms with Crippen molar-refractivity contribution in [3.63, 3.8) is 0 Å². The van der Waals surface area contributed by atoms with Gasteiger partial charge in [-0.25, -0.2) is 12.8 Å². The molecule has 2 aromatic carbocycles. The van der Waals surface area contributed by atoms with Crippen LogP contribution in [0.5, 0.6) is 0 Å². The van der Waals surface area contributed by atoms with Crippen LogP contribution in [-0.2, 0) is 21.2 Å². The van der Waals surface area contributed by atoms with Gasteiger partial charge in [0.25, 0.3) is 10.0 Å². The summed E-state index contributed by atoms with van der Waals surface area (Å²) in [5.41, 5.74) is 2.27. The second-order valence-electron chi connectivity index (χ2n) is 7.75. The Bertz CT molecular complexity index is 1050. The number of hydrogen-bond acceptors (Lipinski definition) is 3. The average Bonchev–Trinajstić information content (AvgIpc) is 2.91. The highest BCUT2D eigenvalue weighted by Gasteiger charge is 2.37. The largest absolute Gasteiger partial charge is 0.309 e. The molecule has 2 aliphatic rings. The minimum Gasteiger partial charge on any atom is -0.309 e. The van der Waals surface area contributed by atoms with Gasteiger partial charge in [0.1, 0.15) is 5.82 Å². The number of halogens is 1. The maximum Gasteiger partial charge on any atom is 0.261 e. The Balaban J connectivity index is 1.61. The van der Waals surface area contributed by atoms with Crippen LogP contribution in [0.1, 0.15) is 37.3 Å². The van der Waals surface area contributed by atoms with Crippen molar-refractivity contribution >= 4 is 27.3 Å². The molecule has 148 valence electrons. The normalized spacial score (nSPS) is 19.2. The van der Waals surface area contributed by atoms with Crippen LogP contribution in [-0.4, -0.2) is 20.4 Å². The van der Waals surface area contributed by atoms with Crippen molar-refractivity contribution in [1.29, 1.82) is 0 Å². The van der Waals surface area contributed by atoms with Crippen molar-refractivity contribution in [2.45, 2.75) is 50.5 Å². The fourth-order valence-corrected chi connectivity index (χ4v) is 4.93. The van der Waals surface area contributed by atoms with E-state index in [9.17, 15) is 17.6 Å². The number of anilines is 2. The van der Waals surface area contributed by atoms with Crippen LogP contribution in [0.25, 0.3) is 0 Å². The van der Waals surface area contributed by atoms with Gasteiger partial charge in [0.2, 0.25) is 5.91 Å². The third kappa shape index (κ3) is 3.28. The zero-order chi connectivity index (χ0) is 20.1. The lowest BCUT2D eigenvalue weighted by atomic mass is 9.84. The molecule has 0 radical (unpaired) electrons. The number of sulfonamides is 1. The van der Waals surface area contributed by atoms with Gasteiger partial charge >= 0.3 is 0 Å². The first kappa shape index (κ1) is 18.9. The van der Waals surface area contributed by atoms with E-state index in [0.717, 1.165) is 30.5 Å². The Morgan fingerprint density at radius 1 is 1.18 bits per heavy atom. The molecule has 1 saturated carbocycles. The van der Waals surface area contributed by atoms with Crippen LogP contribution < -0.4 is 9.62 Å². The molecular weight excluding hydrogens is 379 g/mol. The third-order valence-corrected chi connectivity index (χ3v) is 7.07. The Morgan fingerprint density at radius 3 is 2.57 bits per heavy atom. The first-order valence-corrected chi connectivity index (χ1v) is 11.0. The van der Waals surface area contributed by atoms with Crippen molar-refractivity contribution in [2.24, 2.45) is 5.92 Å². The molecule has 1 atom stereocenters. The van der Waals surface area contributed by atoms with Crippen LogP contribution >= 0.6 is 0 Å². The molecule has 0 aromatic heterocycles. The number of carbonyl (C=O) groups excluding carboxylic acids is 1. The van der Waals surface area contributed by atoms with Crippen LogP contribution in [0.3, 0.4) is 0 Å². The quantitative estimate of drug-likeness (QED) is 0.840. The minimum absolute atomic E-state index is 0.0141. The second kappa shape index (κ2) is 6.88. The van der Waals surface area contributed by atoms with Gasteiger partial charge in [-0.1, -0.05) is 12.5 Å². The zero-order valence-corrected chi connectivity index (χ0v) is 16.7. The molecule has 1 heterocycles. The number of amides is 1. The zero-order valence-electron chi connectivity index (χ0n) is 15.9. The summed E-state index contributed by atoms with van der Waals surface area (Å²) in [6.07, 6.45) is 3.58. The van der Waals surface area contributed by atoms with E-state index in [2.05, 4.69) is 4.72 Å². The average molecular weight is 402 g/mol. The summed E-state index contributed by atoms with van der Waals surface area (Å²) < 4.78 is 41.6. The molecule has 1 fully saturated rings. The molecule has 2 aromatic rings. The lowest BCUT2D eigenvalue weighted by Gasteiger charge is -2.32. The third-order valence-electron chi connectivity index (χ3n) is 5.69. The number of hydrogen-bond donors (Lipinski definition) is 1. The molecule has 0 bridgehead atoms. The molecule has 1 aliphatic heterocycles. The van der Waals surface area contributed by atoms with Crippen molar-refractivity contribution in [2.75, 3.05) is 9.62 Å². The number of benzene rings is 2. The summed E-state index contributed by atoms with van der Waals surface area (Å²) in [4.78, 5) is 14.7. The molecule has 1 N–H and O–H groups in total. The molecule has 1 aliphatic carbocycles. The molecule has 0 spiro atoms. The molecule has 4 rings (SSSR count). The monoisotopic (exact) mass is 402 g/mol. The van der Waals surface area contributed by atoms with Crippen LogP contribution in [0.2, 0.25) is 0 Å². The summed E-state index contributed by atoms with van der Waals surface area (Å²) >= 11 is 0. The van der Waals surface area contributed by atoms with E-state index >= 15 is 0 Å². The van der Waals surface area contributed by atoms with E-state index in [-0.39, 0.29) is 28.4 Å². The molecule has 28 heavy (non-hydrogen) atoms. The number of rotatable bonds is 4. The SMILES string of the molecule is Cc1ccc(NS(=O)(=O)c2ccc3c(c2)C[C@H](C)N3C(=O)C2CCC2)cc1F. The first-order chi connectivity index (χ1) is 13.3. The first-order valence-electron chi connectivity index (χ1n) is 9.51. The number of nitrogens with zero attached hydrogens (tertiary/aromatic N) is 1. The Kier molecular flexibility index (Phi) is 4.65. The second-order valence-corrected chi connectivity index (χ2v) is 9.43. The highest BCUT2D eigenvalue weighted by atomic mass is 32.2. The van der Waals surface area contributed by atoms with Gasteiger partial charge in [-0.05, 0) is 74.6 Å². The van der Waals surface area contributed by atoms with Crippen LogP contribution in [0.4, 0.5) is 15.8 Å². The van der Waals surface area contributed by atoms with E-state index in [1.54, 1.807) is 19.1 Å². The lowest BCUT2D eigenvalue weighted by Crippen LogP contribution is -2.42. The summed E-state index contributed by atoms with van der Waals surface area (Å²) in [6.45, 7) is 3.60. The standard InChI is InChI=1S/C21H23FN2O3S/c1-13-6-7-17(12-19(13)22)23-28(26,27)18-8-9-20-16(11-18)10-14(2)24(20)21(25)15-4-3-5-15/h6-9,11-12,14-15,23H,3-5,10H2,1-2H3/t14-/m0/s1. The van der Waals surface area contributed by atoms with Gasteiger partial charge in [-0.2, -0.15) is 0 Å². The van der Waals surface area contributed by atoms with E-state index in [0.29, 0.717) is 12.0 Å². The van der Waals surface area contributed by atoms with Crippen LogP contribution in [0.15, 0.2) is 41.3 Å². The van der Waals surface area contributed by atoms with E-state index in [1.807, 2.05) is 11.8 Å². The summed E-state index contributed by atoms with van der Waals surface area (Å²) in [5.74, 6) is -0.232. The predicted octanol–water partition coefficient (Wildman–Crippen LogP) is 4.01. The van der Waals surface area contributed by atoms with Crippen molar-refractivity contribution in [1.82, 2.24) is 0 Å². The number of fused-ring (bicyclic) bond motifs is 1. The summed E-state index contributed by atoms with van der Waals surface area (Å²) in [7, 11) is -3.85. The highest BCUT2D eigenvalue weighted by Crippen LogP contribution is 2.38. The molecule has 5 nitrogen and oxygen atoms in total. The van der Waals surface area contributed by atoms with Crippen LogP contribution in [0, 0.1) is 18.7 Å². The molecular formula is C21H23FN2O3S. The number of nitrogens with one attached hydrogen (secondary N) is 1. The summed E-state index contributed by atoms with van der Waals surface area (Å²) in [5, 5.41) is 0. The maximum atomic E-state index is 13.7. The van der Waals surface area contributed by atoms with Gasteiger partial charge in [0, 0.05) is 17.6 Å². The van der Waals surface area contributed by atoms with Gasteiger partial charge in [-0.3, -0.25) is 9.52 Å². The van der Waals surface area contributed by atoms with Gasteiger partial charge in [-0.15, -0.1) is 0 Å². The fourth-order valence-electron chi connectivity index (χ4n) is 3.83. The molecule has 0 saturated heterocycles. The van der Waals surface area contributed by atoms with E-state index in [1.165, 1.54) is 24.3 Å². The smallest absolute Gasteiger partial charge is 0.261 e. The van der Waals surface area contributed by atoms with Crippen molar-refractivity contribution in [3.05, 3.63) is 53.3 Å². The summed E-state index contributed by atoms with van der Waals surface area (Å²) in [6, 6.07) is 9.07. The predicted molar refractivity (Wildman–Crippen MR) is 106 cm³/mol. The van der Waals surface area contributed by atoms with E-state index < -0.39 is 15.8 Å². The van der Waals surface area contributed by atoms with Gasteiger partial charge in [0.05, 0.1) is 10.6 Å². The fraction of sp³-hybridized carbons (Fsp3) is 0.381. The minimum atomic E-state index is -3.85. The Morgan fingerprint density at radius 2 is 1.93 bits per heavy atom. The van der Waals surface area contributed by atoms with Gasteiger partial charge in [0.15, 0.2) is 0 Å². The molecule has 7 heteroatoms. The van der Waals surface area contributed by atoms with Crippen molar-refractivity contribution in [3.8, 4) is 0 Å².